The predicted octanol–water partition coefficient (Wildman–Crippen LogP) is -1.21. The zero-order valence-electron chi connectivity index (χ0n) is 16.0. The van der Waals surface area contributed by atoms with Crippen LogP contribution in [0.1, 0.15) is 12.5 Å². The minimum atomic E-state index is -4.06. The number of hydroxylamine groups is 2. The number of aliphatic hydroxyl groups excluding tert-OH is 1. The molecule has 0 aromatic heterocycles. The van der Waals surface area contributed by atoms with E-state index in [9.17, 15) is 18.7 Å². The Kier molecular flexibility index (Phi) is 4.49. The lowest BCUT2D eigenvalue weighted by molar-refractivity contribution is -0.169. The van der Waals surface area contributed by atoms with E-state index >= 15 is 0 Å². The minimum Gasteiger partial charge on any atom is -0.394 e. The SMILES string of the molecule is Cc1ccc(S(=O)(=O)O[C@H]2CN3C(N)=N[C@@H](CO)[C@@H]4N=C(N)N(O)C43[C@@H]2C)cc1. The van der Waals surface area contributed by atoms with Gasteiger partial charge in [0.15, 0.2) is 11.6 Å². The van der Waals surface area contributed by atoms with Crippen molar-refractivity contribution >= 4 is 22.0 Å². The van der Waals surface area contributed by atoms with Gasteiger partial charge in [0.1, 0.15) is 18.2 Å². The number of aliphatic imine (C=N–C) groups is 2. The molecule has 5 atom stereocenters. The molecule has 12 heteroatoms. The van der Waals surface area contributed by atoms with Gasteiger partial charge in [-0.25, -0.2) is 9.98 Å². The number of benzene rings is 1. The van der Waals surface area contributed by atoms with Gasteiger partial charge in [0.05, 0.1) is 18.0 Å². The molecule has 1 spiro atoms. The second kappa shape index (κ2) is 6.55. The van der Waals surface area contributed by atoms with Crippen LogP contribution in [0.15, 0.2) is 39.1 Å². The average Bonchev–Trinajstić information content (AvgIpc) is 3.11. The number of aryl methyl sites for hydroxylation is 1. The third-order valence-corrected chi connectivity index (χ3v) is 7.32. The van der Waals surface area contributed by atoms with Gasteiger partial charge >= 0.3 is 0 Å². The Morgan fingerprint density at radius 1 is 1.24 bits per heavy atom. The van der Waals surface area contributed by atoms with Gasteiger partial charge in [-0.15, -0.1) is 0 Å². The molecule has 1 aromatic rings. The van der Waals surface area contributed by atoms with Crippen LogP contribution in [0, 0.1) is 12.8 Å². The van der Waals surface area contributed by atoms with Crippen LogP contribution in [-0.2, 0) is 14.3 Å². The monoisotopic (exact) mass is 424 g/mol. The predicted molar refractivity (Wildman–Crippen MR) is 103 cm³/mol. The summed E-state index contributed by atoms with van der Waals surface area (Å²) >= 11 is 0. The quantitative estimate of drug-likeness (QED) is 0.434. The summed E-state index contributed by atoms with van der Waals surface area (Å²) in [5.74, 6) is -0.696. The molecule has 6 N–H and O–H groups in total. The van der Waals surface area contributed by atoms with Crippen LogP contribution in [0.25, 0.3) is 0 Å². The summed E-state index contributed by atoms with van der Waals surface area (Å²) < 4.78 is 31.2. The number of hydrogen-bond donors (Lipinski definition) is 4. The molecule has 3 aliphatic rings. The van der Waals surface area contributed by atoms with Crippen LogP contribution in [0.2, 0.25) is 0 Å². The van der Waals surface area contributed by atoms with Crippen molar-refractivity contribution in [1.82, 2.24) is 9.96 Å². The highest BCUT2D eigenvalue weighted by molar-refractivity contribution is 7.86. The Balaban J connectivity index is 1.70. The second-order valence-corrected chi connectivity index (χ2v) is 9.14. The molecule has 11 nitrogen and oxygen atoms in total. The zero-order valence-corrected chi connectivity index (χ0v) is 16.8. The van der Waals surface area contributed by atoms with Crippen molar-refractivity contribution in [2.24, 2.45) is 27.4 Å². The molecule has 3 heterocycles. The molecule has 0 aliphatic carbocycles. The Hall–Kier alpha value is -2.41. The van der Waals surface area contributed by atoms with Crippen LogP contribution >= 0.6 is 0 Å². The number of hydrogen-bond acceptors (Lipinski definition) is 11. The molecule has 4 rings (SSSR count). The normalized spacial score (nSPS) is 33.9. The number of guanidine groups is 2. The van der Waals surface area contributed by atoms with Crippen LogP contribution in [0.4, 0.5) is 0 Å². The maximum atomic E-state index is 12.8. The standard InChI is InChI=1S/C17H24N6O5S/c1-9-3-5-11(6-4-9)29(26,27)28-13-7-22-15(18)20-12(8-24)14-17(22,10(13)2)23(25)16(19)21-14/h3-6,10,12-14,24-25H,7-8H2,1-2H3,(H2,18,20)(H2,19,21)/t10-,12+,13+,14+,17?/m1/s1. The van der Waals surface area contributed by atoms with E-state index in [0.29, 0.717) is 0 Å². The molecule has 158 valence electrons. The Morgan fingerprint density at radius 3 is 2.52 bits per heavy atom. The summed E-state index contributed by atoms with van der Waals surface area (Å²) in [6.45, 7) is 3.28. The summed E-state index contributed by atoms with van der Waals surface area (Å²) in [5.41, 5.74) is 11.6. The molecule has 0 bridgehead atoms. The van der Waals surface area contributed by atoms with Crippen molar-refractivity contribution in [2.75, 3.05) is 13.2 Å². The van der Waals surface area contributed by atoms with Gasteiger partial charge in [0.25, 0.3) is 10.1 Å². The van der Waals surface area contributed by atoms with Gasteiger partial charge in [-0.3, -0.25) is 9.39 Å². The summed E-state index contributed by atoms with van der Waals surface area (Å²) in [6, 6.07) is 4.86. The van der Waals surface area contributed by atoms with E-state index in [-0.39, 0.29) is 30.0 Å². The summed E-state index contributed by atoms with van der Waals surface area (Å²) in [5, 5.41) is 21.3. The molecule has 0 saturated carbocycles. The van der Waals surface area contributed by atoms with E-state index in [1.54, 1.807) is 24.0 Å². The number of rotatable bonds is 4. The van der Waals surface area contributed by atoms with Crippen LogP contribution in [0.5, 0.6) is 0 Å². The molecule has 0 amide bonds. The largest absolute Gasteiger partial charge is 0.394 e. The van der Waals surface area contributed by atoms with Gasteiger partial charge in [0.2, 0.25) is 5.96 Å². The van der Waals surface area contributed by atoms with Gasteiger partial charge in [-0.1, -0.05) is 24.6 Å². The van der Waals surface area contributed by atoms with E-state index in [1.807, 2.05) is 6.92 Å². The molecular weight excluding hydrogens is 400 g/mol. The van der Waals surface area contributed by atoms with Gasteiger partial charge in [-0.05, 0) is 19.1 Å². The molecule has 0 radical (unpaired) electrons. The van der Waals surface area contributed by atoms with E-state index in [1.165, 1.54) is 12.1 Å². The maximum Gasteiger partial charge on any atom is 0.297 e. The van der Waals surface area contributed by atoms with Crippen molar-refractivity contribution < 1.29 is 22.9 Å². The van der Waals surface area contributed by atoms with Crippen molar-refractivity contribution in [3.8, 4) is 0 Å². The number of nitrogens with two attached hydrogens (primary N) is 2. The Morgan fingerprint density at radius 2 is 1.90 bits per heavy atom. The molecular formula is C17H24N6O5S. The lowest BCUT2D eigenvalue weighted by atomic mass is 9.83. The average molecular weight is 424 g/mol. The highest BCUT2D eigenvalue weighted by Gasteiger charge is 2.68. The highest BCUT2D eigenvalue weighted by Crippen LogP contribution is 2.48. The zero-order chi connectivity index (χ0) is 21.1. The summed E-state index contributed by atoms with van der Waals surface area (Å²) in [7, 11) is -4.06. The maximum absolute atomic E-state index is 12.8. The second-order valence-electron chi connectivity index (χ2n) is 7.57. The Bertz CT molecular complexity index is 981. The first kappa shape index (κ1) is 19.9. The van der Waals surface area contributed by atoms with Gasteiger partial charge in [0, 0.05) is 5.92 Å². The van der Waals surface area contributed by atoms with Crippen molar-refractivity contribution in [2.45, 2.75) is 42.6 Å². The Labute approximate surface area is 168 Å². The third kappa shape index (κ3) is 2.70. The molecule has 1 saturated heterocycles. The number of aliphatic hydroxyl groups is 1. The van der Waals surface area contributed by atoms with E-state index in [2.05, 4.69) is 9.98 Å². The van der Waals surface area contributed by atoms with Gasteiger partial charge < -0.3 is 21.5 Å². The van der Waals surface area contributed by atoms with Crippen molar-refractivity contribution in [3.05, 3.63) is 29.8 Å². The fourth-order valence-corrected chi connectivity index (χ4v) is 5.61. The first-order valence-electron chi connectivity index (χ1n) is 9.17. The minimum absolute atomic E-state index is 0.0344. The van der Waals surface area contributed by atoms with Gasteiger partial charge in [-0.2, -0.15) is 13.5 Å². The fourth-order valence-electron chi connectivity index (χ4n) is 4.47. The van der Waals surface area contributed by atoms with Crippen LogP contribution in [0.3, 0.4) is 0 Å². The summed E-state index contributed by atoms with van der Waals surface area (Å²) in [4.78, 5) is 10.1. The first-order valence-corrected chi connectivity index (χ1v) is 10.6. The van der Waals surface area contributed by atoms with E-state index in [4.69, 9.17) is 15.7 Å². The lowest BCUT2D eigenvalue weighted by Gasteiger charge is -2.49. The first-order chi connectivity index (χ1) is 13.6. The van der Waals surface area contributed by atoms with Crippen LogP contribution < -0.4 is 11.5 Å². The molecule has 1 fully saturated rings. The molecule has 3 aliphatic heterocycles. The smallest absolute Gasteiger partial charge is 0.297 e. The van der Waals surface area contributed by atoms with Crippen molar-refractivity contribution in [3.63, 3.8) is 0 Å². The van der Waals surface area contributed by atoms with E-state index in [0.717, 1.165) is 10.6 Å². The molecule has 29 heavy (non-hydrogen) atoms. The molecule has 1 unspecified atom stereocenters. The van der Waals surface area contributed by atoms with Crippen LogP contribution in [-0.4, -0.2) is 77.6 Å². The molecule has 1 aromatic carbocycles. The lowest BCUT2D eigenvalue weighted by Crippen LogP contribution is -2.71. The van der Waals surface area contributed by atoms with E-state index < -0.39 is 39.9 Å². The number of nitrogens with zero attached hydrogens (tertiary/aromatic N) is 4. The fraction of sp³-hybridized carbons (Fsp3) is 0.529. The van der Waals surface area contributed by atoms with Crippen molar-refractivity contribution in [1.29, 1.82) is 0 Å². The third-order valence-electron chi connectivity index (χ3n) is 5.97. The highest BCUT2D eigenvalue weighted by atomic mass is 32.2. The topological polar surface area (TPSA) is 167 Å². The summed E-state index contributed by atoms with van der Waals surface area (Å²) in [6.07, 6.45) is -0.856.